The Morgan fingerprint density at radius 2 is 1.30 bits per heavy atom. The molecule has 0 aromatic heterocycles. The highest BCUT2D eigenvalue weighted by Crippen LogP contribution is 2.23. The van der Waals surface area contributed by atoms with E-state index in [2.05, 4.69) is 61.0 Å². The van der Waals surface area contributed by atoms with Crippen molar-refractivity contribution in [3.8, 4) is 0 Å². The molecule has 0 unspecified atom stereocenters. The normalized spacial score (nSPS) is 17.4. The van der Waals surface area contributed by atoms with E-state index in [9.17, 15) is 0 Å². The molecular weight excluding hydrogens is 449 g/mol. The molecule has 0 amide bonds. The zero-order valence-electron chi connectivity index (χ0n) is 18.2. The molecule has 1 N–H and O–H groups in total. The Bertz CT molecular complexity index is 471. The summed E-state index contributed by atoms with van der Waals surface area (Å²) in [6.45, 7) is 16.4. The Morgan fingerprint density at radius 1 is 0.815 bits per heavy atom. The first kappa shape index (κ1) is 26.0. The largest absolute Gasteiger partial charge is 0.302 e. The third-order valence-corrected chi connectivity index (χ3v) is 11.0. The summed E-state index contributed by atoms with van der Waals surface area (Å²) in [5, 5.41) is 4.63. The monoisotopic (exact) mass is 487 g/mol. The van der Waals surface area contributed by atoms with Gasteiger partial charge in [-0.3, -0.25) is 0 Å². The van der Waals surface area contributed by atoms with E-state index >= 15 is 0 Å². The molecule has 1 aliphatic rings. The van der Waals surface area contributed by atoms with E-state index in [-0.39, 0.29) is 0 Å². The molecule has 0 spiro atoms. The van der Waals surface area contributed by atoms with E-state index in [0.717, 1.165) is 51.0 Å². The van der Waals surface area contributed by atoms with Crippen molar-refractivity contribution < 1.29 is 0 Å². The summed E-state index contributed by atoms with van der Waals surface area (Å²) in [6.07, 6.45) is 6.95. The minimum Gasteiger partial charge on any atom is -0.302 e. The molecule has 0 aliphatic carbocycles. The standard InChI is InChI=1S/C18H40Cl3N3Si3/c1-25(2,19)13-7-10-18-16-23(11-8-14-26(3,4)20)22-24(17-18)12-9-15-27(5,6)21/h16,22H,7-15,17H2,1-6H3. The number of hydrogen-bond donors (Lipinski definition) is 1. The van der Waals surface area contributed by atoms with Crippen LogP contribution in [-0.4, -0.2) is 51.8 Å². The van der Waals surface area contributed by atoms with Gasteiger partial charge in [0.1, 0.15) is 0 Å². The van der Waals surface area contributed by atoms with Gasteiger partial charge in [0.2, 0.25) is 0 Å². The first-order valence-corrected chi connectivity index (χ1v) is 22.9. The van der Waals surface area contributed by atoms with E-state index < -0.39 is 22.2 Å². The lowest BCUT2D eigenvalue weighted by molar-refractivity contribution is 0.0483. The number of nitrogens with one attached hydrogen (secondary N) is 1. The van der Waals surface area contributed by atoms with Gasteiger partial charge in [-0.2, -0.15) is 38.8 Å². The Morgan fingerprint density at radius 3 is 1.81 bits per heavy atom. The van der Waals surface area contributed by atoms with Crippen LogP contribution in [0, 0.1) is 0 Å². The van der Waals surface area contributed by atoms with E-state index in [1.807, 2.05) is 0 Å². The second-order valence-electron chi connectivity index (χ2n) is 9.72. The van der Waals surface area contributed by atoms with Crippen LogP contribution in [0.15, 0.2) is 11.8 Å². The molecule has 0 saturated carbocycles. The second kappa shape index (κ2) is 11.4. The summed E-state index contributed by atoms with van der Waals surface area (Å²) in [4.78, 5) is 0. The molecule has 0 aromatic carbocycles. The summed E-state index contributed by atoms with van der Waals surface area (Å²) >= 11 is 19.5. The molecule has 0 atom stereocenters. The van der Waals surface area contributed by atoms with Gasteiger partial charge in [0.15, 0.2) is 22.2 Å². The van der Waals surface area contributed by atoms with Crippen LogP contribution in [0.5, 0.6) is 0 Å². The van der Waals surface area contributed by atoms with Gasteiger partial charge in [0.05, 0.1) is 0 Å². The second-order valence-corrected chi connectivity index (χ2v) is 30.7. The average molecular weight is 489 g/mol. The molecule has 1 aliphatic heterocycles. The molecule has 1 heterocycles. The number of halogens is 3. The van der Waals surface area contributed by atoms with Crippen molar-refractivity contribution in [3.05, 3.63) is 11.8 Å². The SMILES string of the molecule is C[Si](C)(Cl)CCCC1=CN(CCC[Si](C)(C)Cl)NN(CCC[Si](C)(C)Cl)C1. The number of hydrazine groups is 2. The third-order valence-electron chi connectivity index (χ3n) is 4.64. The van der Waals surface area contributed by atoms with Crippen LogP contribution in [-0.2, 0) is 0 Å². The van der Waals surface area contributed by atoms with E-state index in [4.69, 9.17) is 33.2 Å². The van der Waals surface area contributed by atoms with Crippen molar-refractivity contribution in [3.63, 3.8) is 0 Å². The first-order valence-electron chi connectivity index (χ1n) is 10.3. The van der Waals surface area contributed by atoms with E-state index in [1.165, 1.54) is 18.0 Å². The van der Waals surface area contributed by atoms with Crippen LogP contribution in [0.25, 0.3) is 0 Å². The van der Waals surface area contributed by atoms with Gasteiger partial charge < -0.3 is 5.01 Å². The number of rotatable bonds is 12. The van der Waals surface area contributed by atoms with Crippen LogP contribution in [0.3, 0.4) is 0 Å². The molecule has 3 nitrogen and oxygen atoms in total. The lowest BCUT2D eigenvalue weighted by Gasteiger charge is -2.37. The summed E-state index contributed by atoms with van der Waals surface area (Å²) < 4.78 is 0. The number of hydrogen-bond acceptors (Lipinski definition) is 3. The number of nitrogens with zero attached hydrogens (tertiary/aromatic N) is 2. The highest BCUT2D eigenvalue weighted by Gasteiger charge is 2.22. The average Bonchev–Trinajstić information content (AvgIpc) is 2.43. The molecule has 27 heavy (non-hydrogen) atoms. The minimum atomic E-state index is -1.50. The molecule has 160 valence electrons. The Balaban J connectivity index is 2.58. The minimum absolute atomic E-state index is 1.00. The zero-order valence-corrected chi connectivity index (χ0v) is 23.4. The summed E-state index contributed by atoms with van der Waals surface area (Å²) in [6, 6.07) is 3.48. The Kier molecular flexibility index (Phi) is 11.0. The fraction of sp³-hybridized carbons (Fsp3) is 0.889. The zero-order chi connectivity index (χ0) is 20.7. The van der Waals surface area contributed by atoms with Gasteiger partial charge in [-0.25, -0.2) is 5.01 Å². The molecule has 0 bridgehead atoms. The fourth-order valence-corrected chi connectivity index (χ4v) is 7.45. The van der Waals surface area contributed by atoms with E-state index in [0.29, 0.717) is 0 Å². The quantitative estimate of drug-likeness (QED) is 0.241. The molecule has 0 fully saturated rings. The van der Waals surface area contributed by atoms with Crippen LogP contribution in [0.4, 0.5) is 0 Å². The maximum absolute atomic E-state index is 6.50. The lowest BCUT2D eigenvalue weighted by atomic mass is 10.1. The molecular formula is C18H40Cl3N3Si3. The van der Waals surface area contributed by atoms with Gasteiger partial charge in [-0.15, -0.1) is 0 Å². The van der Waals surface area contributed by atoms with Crippen LogP contribution >= 0.6 is 33.2 Å². The molecule has 0 saturated heterocycles. The van der Waals surface area contributed by atoms with Crippen molar-refractivity contribution in [1.82, 2.24) is 15.6 Å². The van der Waals surface area contributed by atoms with Gasteiger partial charge >= 0.3 is 0 Å². The van der Waals surface area contributed by atoms with Crippen LogP contribution in [0.2, 0.25) is 57.4 Å². The summed E-state index contributed by atoms with van der Waals surface area (Å²) in [7, 11) is -4.46. The highest BCUT2D eigenvalue weighted by atomic mass is 35.6. The van der Waals surface area contributed by atoms with Gasteiger partial charge in [0.25, 0.3) is 0 Å². The molecule has 9 heteroatoms. The maximum Gasteiger partial charge on any atom is 0.150 e. The molecule has 1 rings (SSSR count). The highest BCUT2D eigenvalue weighted by molar-refractivity contribution is 7.19. The van der Waals surface area contributed by atoms with Crippen molar-refractivity contribution >= 4 is 55.4 Å². The van der Waals surface area contributed by atoms with Crippen LogP contribution in [0.1, 0.15) is 25.7 Å². The lowest BCUT2D eigenvalue weighted by Crippen LogP contribution is -2.52. The third kappa shape index (κ3) is 14.6. The predicted octanol–water partition coefficient (Wildman–Crippen LogP) is 6.80. The van der Waals surface area contributed by atoms with Crippen molar-refractivity contribution in [2.75, 3.05) is 19.6 Å². The van der Waals surface area contributed by atoms with Crippen molar-refractivity contribution in [2.45, 2.75) is 83.1 Å². The fourth-order valence-electron chi connectivity index (χ4n) is 3.24. The van der Waals surface area contributed by atoms with Gasteiger partial charge in [-0.05, 0) is 43.0 Å². The Labute approximate surface area is 184 Å². The summed E-state index contributed by atoms with van der Waals surface area (Å²) in [5.41, 5.74) is 5.09. The first-order chi connectivity index (χ1) is 12.2. The predicted molar refractivity (Wildman–Crippen MR) is 132 cm³/mol. The smallest absolute Gasteiger partial charge is 0.150 e. The van der Waals surface area contributed by atoms with Crippen molar-refractivity contribution in [2.24, 2.45) is 0 Å². The van der Waals surface area contributed by atoms with Crippen LogP contribution < -0.4 is 5.53 Å². The van der Waals surface area contributed by atoms with Crippen molar-refractivity contribution in [1.29, 1.82) is 0 Å². The maximum atomic E-state index is 6.50. The molecule has 0 radical (unpaired) electrons. The topological polar surface area (TPSA) is 18.5 Å². The van der Waals surface area contributed by atoms with Gasteiger partial charge in [-0.1, -0.05) is 45.7 Å². The summed E-state index contributed by atoms with van der Waals surface area (Å²) in [5.74, 6) is 0. The van der Waals surface area contributed by atoms with E-state index in [1.54, 1.807) is 0 Å². The molecule has 0 aromatic rings. The van der Waals surface area contributed by atoms with Gasteiger partial charge in [0, 0.05) is 25.8 Å². The Hall–Kier alpha value is 0.981.